The quantitative estimate of drug-likeness (QED) is 0.771. The number of hydrogen-bond acceptors (Lipinski definition) is 4. The Morgan fingerprint density at radius 3 is 2.53 bits per heavy atom. The second-order valence-electron chi connectivity index (χ2n) is 4.68. The molecule has 1 heterocycles. The molecule has 19 heavy (non-hydrogen) atoms. The van der Waals surface area contributed by atoms with Gasteiger partial charge in [-0.1, -0.05) is 6.07 Å². The molecule has 2 rings (SSSR count). The lowest BCUT2D eigenvalue weighted by Crippen LogP contribution is -2.45. The van der Waals surface area contributed by atoms with Crippen LogP contribution in [0.4, 0.5) is 4.39 Å². The topological polar surface area (TPSA) is 39.5 Å². The number of nitriles is 1. The van der Waals surface area contributed by atoms with Gasteiger partial charge in [0, 0.05) is 32.7 Å². The van der Waals surface area contributed by atoms with Gasteiger partial charge in [0.05, 0.1) is 19.7 Å². The van der Waals surface area contributed by atoms with Gasteiger partial charge >= 0.3 is 0 Å². The fraction of sp³-hybridized carbons (Fsp3) is 0.500. The molecule has 0 radical (unpaired) electrons. The van der Waals surface area contributed by atoms with Crippen LogP contribution in [0.15, 0.2) is 18.2 Å². The summed E-state index contributed by atoms with van der Waals surface area (Å²) in [5.41, 5.74) is 0.951. The second kappa shape index (κ2) is 6.50. The van der Waals surface area contributed by atoms with E-state index in [0.29, 0.717) is 6.54 Å². The third-order valence-electron chi connectivity index (χ3n) is 3.38. The predicted octanol–water partition coefficient (Wildman–Crippen LogP) is 1.48. The molecule has 1 aromatic rings. The lowest BCUT2D eigenvalue weighted by atomic mass is 10.2. The standard InChI is InChI=1S/C14H18FN3O/c1-19-14-3-2-12(10-13(14)15)11-18-8-6-17(5-4-16)7-9-18/h2-3,10H,5-9,11H2,1H3. The Balaban J connectivity index is 1.89. The zero-order valence-electron chi connectivity index (χ0n) is 11.1. The van der Waals surface area contributed by atoms with E-state index >= 15 is 0 Å². The van der Waals surface area contributed by atoms with Crippen LogP contribution >= 0.6 is 0 Å². The lowest BCUT2D eigenvalue weighted by molar-refractivity contribution is 0.138. The third kappa shape index (κ3) is 3.66. The molecule has 5 heteroatoms. The molecular weight excluding hydrogens is 245 g/mol. The summed E-state index contributed by atoms with van der Waals surface area (Å²) in [5, 5.41) is 8.64. The maximum absolute atomic E-state index is 13.6. The van der Waals surface area contributed by atoms with Crippen molar-refractivity contribution in [3.63, 3.8) is 0 Å². The summed E-state index contributed by atoms with van der Waals surface area (Å²) >= 11 is 0. The van der Waals surface area contributed by atoms with Crippen LogP contribution in [0.25, 0.3) is 0 Å². The summed E-state index contributed by atoms with van der Waals surface area (Å²) in [6.45, 7) is 4.84. The third-order valence-corrected chi connectivity index (χ3v) is 3.38. The Kier molecular flexibility index (Phi) is 4.72. The van der Waals surface area contributed by atoms with E-state index in [4.69, 9.17) is 10.00 Å². The normalized spacial score (nSPS) is 17.1. The van der Waals surface area contributed by atoms with Crippen LogP contribution in [0, 0.1) is 17.1 Å². The van der Waals surface area contributed by atoms with Gasteiger partial charge in [-0.05, 0) is 17.7 Å². The first-order valence-corrected chi connectivity index (χ1v) is 6.37. The molecule has 0 bridgehead atoms. The highest BCUT2D eigenvalue weighted by atomic mass is 19.1. The van der Waals surface area contributed by atoms with Crippen LogP contribution in [-0.2, 0) is 6.54 Å². The van der Waals surface area contributed by atoms with E-state index in [2.05, 4.69) is 15.9 Å². The minimum atomic E-state index is -0.317. The van der Waals surface area contributed by atoms with E-state index in [9.17, 15) is 4.39 Å². The Morgan fingerprint density at radius 1 is 1.26 bits per heavy atom. The van der Waals surface area contributed by atoms with Crippen LogP contribution in [0.5, 0.6) is 5.75 Å². The predicted molar refractivity (Wildman–Crippen MR) is 70.3 cm³/mol. The summed E-state index contributed by atoms with van der Waals surface area (Å²) in [5.74, 6) is -0.0364. The molecule has 1 saturated heterocycles. The molecule has 1 aromatic carbocycles. The molecule has 1 aliphatic rings. The zero-order chi connectivity index (χ0) is 13.7. The maximum atomic E-state index is 13.6. The van der Waals surface area contributed by atoms with Crippen molar-refractivity contribution in [3.8, 4) is 11.8 Å². The van der Waals surface area contributed by atoms with Crippen molar-refractivity contribution in [3.05, 3.63) is 29.6 Å². The van der Waals surface area contributed by atoms with Gasteiger partial charge in [0.2, 0.25) is 0 Å². The molecule has 0 aliphatic carbocycles. The number of benzene rings is 1. The lowest BCUT2D eigenvalue weighted by Gasteiger charge is -2.33. The van der Waals surface area contributed by atoms with Crippen molar-refractivity contribution < 1.29 is 9.13 Å². The number of methoxy groups -OCH3 is 1. The van der Waals surface area contributed by atoms with Crippen LogP contribution in [0.1, 0.15) is 5.56 Å². The Bertz CT molecular complexity index is 464. The molecule has 0 unspecified atom stereocenters. The van der Waals surface area contributed by atoms with E-state index in [-0.39, 0.29) is 11.6 Å². The number of rotatable bonds is 4. The van der Waals surface area contributed by atoms with Crippen molar-refractivity contribution in [2.45, 2.75) is 6.54 Å². The summed E-state index contributed by atoms with van der Waals surface area (Å²) < 4.78 is 18.5. The monoisotopic (exact) mass is 263 g/mol. The largest absolute Gasteiger partial charge is 0.494 e. The average molecular weight is 263 g/mol. The van der Waals surface area contributed by atoms with Gasteiger partial charge in [-0.15, -0.1) is 0 Å². The highest BCUT2D eigenvalue weighted by Gasteiger charge is 2.16. The average Bonchev–Trinajstić information content (AvgIpc) is 2.42. The van der Waals surface area contributed by atoms with E-state index in [1.54, 1.807) is 6.07 Å². The molecule has 1 fully saturated rings. The van der Waals surface area contributed by atoms with Crippen molar-refractivity contribution in [1.82, 2.24) is 9.80 Å². The molecule has 1 aliphatic heterocycles. The minimum Gasteiger partial charge on any atom is -0.494 e. The molecule has 0 N–H and O–H groups in total. The van der Waals surface area contributed by atoms with E-state index < -0.39 is 0 Å². The highest BCUT2D eigenvalue weighted by Crippen LogP contribution is 2.19. The van der Waals surface area contributed by atoms with Gasteiger partial charge in [-0.2, -0.15) is 5.26 Å². The molecule has 0 saturated carbocycles. The fourth-order valence-electron chi connectivity index (χ4n) is 2.27. The van der Waals surface area contributed by atoms with Crippen LogP contribution in [0.3, 0.4) is 0 Å². The van der Waals surface area contributed by atoms with Crippen molar-refractivity contribution >= 4 is 0 Å². The molecule has 0 spiro atoms. The van der Waals surface area contributed by atoms with Gasteiger partial charge in [0.1, 0.15) is 0 Å². The molecule has 4 nitrogen and oxygen atoms in total. The Morgan fingerprint density at radius 2 is 1.95 bits per heavy atom. The molecule has 0 aromatic heterocycles. The SMILES string of the molecule is COc1ccc(CN2CCN(CC#N)CC2)cc1F. The van der Waals surface area contributed by atoms with Crippen LogP contribution in [0.2, 0.25) is 0 Å². The summed E-state index contributed by atoms with van der Waals surface area (Å²) in [7, 11) is 1.46. The molecule has 102 valence electrons. The number of nitrogens with zero attached hydrogens (tertiary/aromatic N) is 3. The second-order valence-corrected chi connectivity index (χ2v) is 4.68. The summed E-state index contributed by atoms with van der Waals surface area (Å²) in [6.07, 6.45) is 0. The fourth-order valence-corrected chi connectivity index (χ4v) is 2.27. The van der Waals surface area contributed by atoms with Crippen LogP contribution < -0.4 is 4.74 Å². The number of piperazine rings is 1. The first-order valence-electron chi connectivity index (χ1n) is 6.37. The van der Waals surface area contributed by atoms with Gasteiger partial charge in [0.25, 0.3) is 0 Å². The molecule has 0 atom stereocenters. The van der Waals surface area contributed by atoms with E-state index in [1.165, 1.54) is 13.2 Å². The smallest absolute Gasteiger partial charge is 0.165 e. The zero-order valence-corrected chi connectivity index (χ0v) is 11.1. The first-order chi connectivity index (χ1) is 9.22. The number of halogens is 1. The van der Waals surface area contributed by atoms with E-state index in [0.717, 1.165) is 38.3 Å². The maximum Gasteiger partial charge on any atom is 0.165 e. The number of ether oxygens (including phenoxy) is 1. The summed E-state index contributed by atoms with van der Waals surface area (Å²) in [6, 6.07) is 7.25. The van der Waals surface area contributed by atoms with Gasteiger partial charge < -0.3 is 4.74 Å². The van der Waals surface area contributed by atoms with Crippen molar-refractivity contribution in [2.24, 2.45) is 0 Å². The van der Waals surface area contributed by atoms with E-state index in [1.807, 2.05) is 6.07 Å². The first kappa shape index (κ1) is 13.8. The highest BCUT2D eigenvalue weighted by molar-refractivity contribution is 5.29. The van der Waals surface area contributed by atoms with Crippen molar-refractivity contribution in [2.75, 3.05) is 39.8 Å². The van der Waals surface area contributed by atoms with Gasteiger partial charge in [-0.25, -0.2) is 4.39 Å². The minimum absolute atomic E-state index is 0.280. The number of hydrogen-bond donors (Lipinski definition) is 0. The Hall–Kier alpha value is -1.64. The van der Waals surface area contributed by atoms with Crippen LogP contribution in [-0.4, -0.2) is 49.6 Å². The molecular formula is C14H18FN3O. The van der Waals surface area contributed by atoms with Gasteiger partial charge in [-0.3, -0.25) is 9.80 Å². The summed E-state index contributed by atoms with van der Waals surface area (Å²) in [4.78, 5) is 4.40. The Labute approximate surface area is 113 Å². The van der Waals surface area contributed by atoms with Gasteiger partial charge in [0.15, 0.2) is 11.6 Å². The molecule has 0 amide bonds. The van der Waals surface area contributed by atoms with Crippen molar-refractivity contribution in [1.29, 1.82) is 5.26 Å².